The summed E-state index contributed by atoms with van der Waals surface area (Å²) in [5.74, 6) is -1.00. The van der Waals surface area contributed by atoms with Crippen LogP contribution in [0.3, 0.4) is 0 Å². The molecule has 5 nitrogen and oxygen atoms in total. The van der Waals surface area contributed by atoms with E-state index in [1.54, 1.807) is 20.8 Å². The average Bonchev–Trinajstić information content (AvgIpc) is 2.16. The number of rotatable bonds is 4. The van der Waals surface area contributed by atoms with Crippen molar-refractivity contribution in [3.63, 3.8) is 0 Å². The number of amides is 2. The van der Waals surface area contributed by atoms with Crippen molar-refractivity contribution in [3.8, 4) is 0 Å². The quantitative estimate of drug-likeness (QED) is 0.501. The maximum Gasteiger partial charge on any atom is 0.242 e. The largest absolute Gasteiger partial charge is 0.393 e. The van der Waals surface area contributed by atoms with Crippen molar-refractivity contribution in [2.24, 2.45) is 11.3 Å². The molecule has 96 valence electrons. The van der Waals surface area contributed by atoms with E-state index in [-0.39, 0.29) is 22.8 Å². The second kappa shape index (κ2) is 5.10. The third kappa shape index (κ3) is 2.47. The molecule has 1 heterocycles. The summed E-state index contributed by atoms with van der Waals surface area (Å²) in [6.07, 6.45) is 0.214. The van der Waals surface area contributed by atoms with Crippen molar-refractivity contribution >= 4 is 29.1 Å². The highest BCUT2D eigenvalue weighted by atomic mass is 32.1. The highest BCUT2D eigenvalue weighted by Crippen LogP contribution is 2.36. The SMILES string of the molecule is CCC1(C(C)CC(C)O)C(=O)NC(=S)NC1=O. The summed E-state index contributed by atoms with van der Waals surface area (Å²) in [7, 11) is 0. The lowest BCUT2D eigenvalue weighted by Crippen LogP contribution is -2.64. The normalized spacial score (nSPS) is 22.7. The van der Waals surface area contributed by atoms with Crippen molar-refractivity contribution in [3.05, 3.63) is 0 Å². The molecule has 2 amide bonds. The Hall–Kier alpha value is -1.01. The Labute approximate surface area is 106 Å². The van der Waals surface area contributed by atoms with E-state index in [2.05, 4.69) is 10.6 Å². The second-order valence-electron chi connectivity index (χ2n) is 4.55. The molecule has 2 atom stereocenters. The Kier molecular flexibility index (Phi) is 4.21. The lowest BCUT2D eigenvalue weighted by Gasteiger charge is -2.39. The van der Waals surface area contributed by atoms with Gasteiger partial charge in [0.25, 0.3) is 0 Å². The molecule has 1 saturated heterocycles. The Morgan fingerprint density at radius 2 is 1.76 bits per heavy atom. The zero-order valence-corrected chi connectivity index (χ0v) is 11.1. The van der Waals surface area contributed by atoms with Crippen molar-refractivity contribution in [1.82, 2.24) is 10.6 Å². The van der Waals surface area contributed by atoms with E-state index in [4.69, 9.17) is 12.2 Å². The number of carbonyl (C=O) groups excluding carboxylic acids is 2. The van der Waals surface area contributed by atoms with Crippen molar-refractivity contribution in [1.29, 1.82) is 0 Å². The predicted octanol–water partition coefficient (Wildman–Crippen LogP) is 0.321. The number of aliphatic hydroxyl groups excluding tert-OH is 1. The molecule has 0 spiro atoms. The molecular formula is C11H18N2O3S. The number of hydrogen-bond donors (Lipinski definition) is 3. The van der Waals surface area contributed by atoms with Gasteiger partial charge in [-0.1, -0.05) is 13.8 Å². The number of hydrogen-bond acceptors (Lipinski definition) is 4. The van der Waals surface area contributed by atoms with E-state index in [9.17, 15) is 14.7 Å². The maximum absolute atomic E-state index is 12.0. The molecule has 0 aromatic rings. The van der Waals surface area contributed by atoms with Gasteiger partial charge in [0.15, 0.2) is 5.11 Å². The summed E-state index contributed by atoms with van der Waals surface area (Å²) in [6, 6.07) is 0. The van der Waals surface area contributed by atoms with Gasteiger partial charge in [-0.15, -0.1) is 0 Å². The van der Waals surface area contributed by atoms with Crippen LogP contribution < -0.4 is 10.6 Å². The van der Waals surface area contributed by atoms with E-state index >= 15 is 0 Å². The standard InChI is InChI=1S/C11H18N2O3S/c1-4-11(6(2)5-7(3)14)8(15)12-10(17)13-9(11)16/h6-7,14H,4-5H2,1-3H3,(H2,12,13,15,16,17). The second-order valence-corrected chi connectivity index (χ2v) is 4.96. The molecule has 6 heteroatoms. The van der Waals surface area contributed by atoms with Gasteiger partial charge in [0.05, 0.1) is 6.10 Å². The Morgan fingerprint density at radius 1 is 1.29 bits per heavy atom. The van der Waals surface area contributed by atoms with Crippen LogP contribution in [0.15, 0.2) is 0 Å². The fourth-order valence-electron chi connectivity index (χ4n) is 2.39. The Morgan fingerprint density at radius 3 is 2.12 bits per heavy atom. The predicted molar refractivity (Wildman–Crippen MR) is 67.1 cm³/mol. The molecule has 0 saturated carbocycles. The van der Waals surface area contributed by atoms with Gasteiger partial charge in [-0.25, -0.2) is 0 Å². The van der Waals surface area contributed by atoms with Crippen LogP contribution in [0.25, 0.3) is 0 Å². The van der Waals surface area contributed by atoms with Gasteiger partial charge >= 0.3 is 0 Å². The van der Waals surface area contributed by atoms with Crippen LogP contribution in [0.5, 0.6) is 0 Å². The third-order valence-electron chi connectivity index (χ3n) is 3.36. The molecule has 1 aliphatic heterocycles. The minimum Gasteiger partial charge on any atom is -0.393 e. The first-order valence-electron chi connectivity index (χ1n) is 5.69. The molecule has 0 aliphatic carbocycles. The molecule has 3 N–H and O–H groups in total. The number of nitrogens with one attached hydrogen (secondary N) is 2. The fourth-order valence-corrected chi connectivity index (χ4v) is 2.58. The van der Waals surface area contributed by atoms with Crippen LogP contribution in [-0.2, 0) is 9.59 Å². The summed E-state index contributed by atoms with van der Waals surface area (Å²) >= 11 is 4.77. The number of carbonyl (C=O) groups is 2. The van der Waals surface area contributed by atoms with Crippen LogP contribution in [0.2, 0.25) is 0 Å². The molecule has 17 heavy (non-hydrogen) atoms. The van der Waals surface area contributed by atoms with Gasteiger partial charge in [0, 0.05) is 0 Å². The van der Waals surface area contributed by atoms with Gasteiger partial charge in [-0.3, -0.25) is 9.59 Å². The molecule has 0 radical (unpaired) electrons. The van der Waals surface area contributed by atoms with Crippen molar-refractivity contribution < 1.29 is 14.7 Å². The van der Waals surface area contributed by atoms with Crippen molar-refractivity contribution in [2.75, 3.05) is 0 Å². The Balaban J connectivity index is 3.04. The smallest absolute Gasteiger partial charge is 0.242 e. The van der Waals surface area contributed by atoms with E-state index in [0.29, 0.717) is 12.8 Å². The summed E-state index contributed by atoms with van der Waals surface area (Å²) in [5, 5.41) is 14.4. The zero-order chi connectivity index (χ0) is 13.2. The summed E-state index contributed by atoms with van der Waals surface area (Å²) in [6.45, 7) is 5.22. The van der Waals surface area contributed by atoms with Gasteiger partial charge in [0.2, 0.25) is 11.8 Å². The minimum atomic E-state index is -1.14. The van der Waals surface area contributed by atoms with E-state index in [1.807, 2.05) is 0 Å². The van der Waals surface area contributed by atoms with Crippen LogP contribution >= 0.6 is 12.2 Å². The first kappa shape index (κ1) is 14.1. The fraction of sp³-hybridized carbons (Fsp3) is 0.727. The van der Waals surface area contributed by atoms with Crippen molar-refractivity contribution in [2.45, 2.75) is 39.7 Å². The third-order valence-corrected chi connectivity index (χ3v) is 3.56. The van der Waals surface area contributed by atoms with E-state index in [1.165, 1.54) is 0 Å². The molecule has 2 unspecified atom stereocenters. The van der Waals surface area contributed by atoms with Gasteiger partial charge in [0.1, 0.15) is 5.41 Å². The molecule has 1 fully saturated rings. The van der Waals surface area contributed by atoms with E-state index in [0.717, 1.165) is 0 Å². The zero-order valence-electron chi connectivity index (χ0n) is 10.2. The molecule has 1 rings (SSSR count). The van der Waals surface area contributed by atoms with Gasteiger partial charge in [-0.05, 0) is 37.9 Å². The first-order chi connectivity index (χ1) is 7.84. The Bertz CT molecular complexity index is 335. The summed E-state index contributed by atoms with van der Waals surface area (Å²) in [4.78, 5) is 24.1. The lowest BCUT2D eigenvalue weighted by molar-refractivity contribution is -0.148. The highest BCUT2D eigenvalue weighted by Gasteiger charge is 2.51. The lowest BCUT2D eigenvalue weighted by atomic mass is 9.69. The maximum atomic E-state index is 12.0. The van der Waals surface area contributed by atoms with Crippen LogP contribution in [0.1, 0.15) is 33.6 Å². The topological polar surface area (TPSA) is 78.4 Å². The summed E-state index contributed by atoms with van der Waals surface area (Å²) in [5.41, 5.74) is -1.14. The van der Waals surface area contributed by atoms with E-state index < -0.39 is 11.5 Å². The van der Waals surface area contributed by atoms with Crippen LogP contribution in [0, 0.1) is 11.3 Å². The molecule has 0 aromatic heterocycles. The highest BCUT2D eigenvalue weighted by molar-refractivity contribution is 7.80. The van der Waals surface area contributed by atoms with Gasteiger partial charge < -0.3 is 15.7 Å². The monoisotopic (exact) mass is 258 g/mol. The minimum absolute atomic E-state index is 0.0494. The molecular weight excluding hydrogens is 240 g/mol. The molecule has 0 bridgehead atoms. The van der Waals surface area contributed by atoms with Crippen LogP contribution in [0.4, 0.5) is 0 Å². The molecule has 1 aliphatic rings. The molecule has 0 aromatic carbocycles. The average molecular weight is 258 g/mol. The number of thiocarbonyl (C=S) groups is 1. The van der Waals surface area contributed by atoms with Gasteiger partial charge in [-0.2, -0.15) is 0 Å². The number of aliphatic hydroxyl groups is 1. The van der Waals surface area contributed by atoms with Crippen LogP contribution in [-0.4, -0.2) is 28.1 Å². The first-order valence-corrected chi connectivity index (χ1v) is 6.10. The summed E-state index contributed by atoms with van der Waals surface area (Å²) < 4.78 is 0.